The number of hydrogen-bond donors (Lipinski definition) is 1. The Morgan fingerprint density at radius 3 is 2.67 bits per heavy atom. The number of rotatable bonds is 7. The first-order chi connectivity index (χ1) is 10.1. The van der Waals surface area contributed by atoms with Gasteiger partial charge in [-0.25, -0.2) is 4.98 Å². The number of piperidine rings is 1. The molecule has 0 amide bonds. The van der Waals surface area contributed by atoms with E-state index in [0.29, 0.717) is 6.04 Å². The Kier molecular flexibility index (Phi) is 6.65. The summed E-state index contributed by atoms with van der Waals surface area (Å²) < 4.78 is 0. The molecular weight excluding hydrogens is 278 g/mol. The lowest BCUT2D eigenvalue weighted by molar-refractivity contribution is 0.185. The third kappa shape index (κ3) is 5.04. The summed E-state index contributed by atoms with van der Waals surface area (Å²) in [6.45, 7) is 13.6. The zero-order valence-corrected chi connectivity index (χ0v) is 14.9. The normalized spacial score (nSPS) is 19.0. The van der Waals surface area contributed by atoms with Crippen LogP contribution in [0.15, 0.2) is 0 Å². The van der Waals surface area contributed by atoms with Crippen LogP contribution in [0.4, 0.5) is 0 Å². The fourth-order valence-corrected chi connectivity index (χ4v) is 3.89. The Morgan fingerprint density at radius 2 is 2.05 bits per heavy atom. The third-order valence-corrected chi connectivity index (χ3v) is 5.70. The average molecular weight is 310 g/mol. The summed E-state index contributed by atoms with van der Waals surface area (Å²) >= 11 is 1.92. The quantitative estimate of drug-likeness (QED) is 0.830. The van der Waals surface area contributed by atoms with E-state index in [1.807, 2.05) is 11.3 Å². The van der Waals surface area contributed by atoms with E-state index in [2.05, 4.69) is 37.9 Å². The average Bonchev–Trinajstić information content (AvgIpc) is 2.89. The molecule has 1 aliphatic heterocycles. The Hall–Kier alpha value is -0.450. The molecule has 0 aromatic carbocycles. The number of aromatic nitrogens is 1. The van der Waals surface area contributed by atoms with Crippen LogP contribution in [0.1, 0.15) is 62.5 Å². The molecule has 3 nitrogen and oxygen atoms in total. The Labute approximate surface area is 134 Å². The van der Waals surface area contributed by atoms with Crippen LogP contribution >= 0.6 is 11.3 Å². The van der Waals surface area contributed by atoms with Crippen LogP contribution in [0.25, 0.3) is 0 Å². The predicted molar refractivity (Wildman–Crippen MR) is 91.8 cm³/mol. The van der Waals surface area contributed by atoms with Crippen LogP contribution in [0, 0.1) is 5.92 Å². The molecule has 0 aliphatic carbocycles. The third-order valence-electron chi connectivity index (χ3n) is 4.62. The number of aryl methyl sites for hydroxylation is 1. The summed E-state index contributed by atoms with van der Waals surface area (Å²) in [6, 6.07) is 0.587. The number of nitrogens with one attached hydrogen (secondary N) is 1. The van der Waals surface area contributed by atoms with Gasteiger partial charge < -0.3 is 5.32 Å². The number of nitrogens with zero attached hydrogens (tertiary/aromatic N) is 2. The highest BCUT2D eigenvalue weighted by Gasteiger charge is 2.18. The van der Waals surface area contributed by atoms with Crippen molar-refractivity contribution in [1.82, 2.24) is 15.2 Å². The minimum Gasteiger partial charge on any atom is -0.309 e. The van der Waals surface area contributed by atoms with Gasteiger partial charge in [0.15, 0.2) is 0 Å². The molecule has 4 heteroatoms. The van der Waals surface area contributed by atoms with Gasteiger partial charge in [-0.05, 0) is 51.6 Å². The Bertz CT molecular complexity index is 422. The van der Waals surface area contributed by atoms with Crippen molar-refractivity contribution in [3.05, 3.63) is 15.6 Å². The van der Waals surface area contributed by atoms with Crippen LogP contribution in [-0.2, 0) is 19.5 Å². The summed E-state index contributed by atoms with van der Waals surface area (Å²) in [5.41, 5.74) is 1.30. The lowest BCUT2D eigenvalue weighted by Gasteiger charge is -2.29. The van der Waals surface area contributed by atoms with Gasteiger partial charge in [0.2, 0.25) is 0 Å². The van der Waals surface area contributed by atoms with E-state index in [9.17, 15) is 0 Å². The number of likely N-dealkylation sites (tertiary alicyclic amines) is 1. The summed E-state index contributed by atoms with van der Waals surface area (Å²) in [5, 5.41) is 4.91. The molecule has 21 heavy (non-hydrogen) atoms. The fraction of sp³-hybridized carbons (Fsp3) is 0.824. The first-order valence-corrected chi connectivity index (χ1v) is 9.37. The molecular formula is C17H31N3S. The van der Waals surface area contributed by atoms with Crippen LogP contribution < -0.4 is 5.32 Å². The fourth-order valence-electron chi connectivity index (χ4n) is 2.74. The maximum atomic E-state index is 4.88. The second-order valence-corrected chi connectivity index (χ2v) is 7.65. The van der Waals surface area contributed by atoms with E-state index < -0.39 is 0 Å². The molecule has 1 fully saturated rings. The van der Waals surface area contributed by atoms with E-state index in [0.717, 1.165) is 25.4 Å². The van der Waals surface area contributed by atoms with E-state index in [1.165, 1.54) is 47.9 Å². The van der Waals surface area contributed by atoms with Gasteiger partial charge in [-0.2, -0.15) is 0 Å². The van der Waals surface area contributed by atoms with Crippen molar-refractivity contribution in [3.8, 4) is 0 Å². The monoisotopic (exact) mass is 309 g/mol. The molecule has 0 bridgehead atoms. The van der Waals surface area contributed by atoms with Crippen molar-refractivity contribution in [2.24, 2.45) is 5.92 Å². The van der Waals surface area contributed by atoms with Gasteiger partial charge in [-0.3, -0.25) is 4.90 Å². The van der Waals surface area contributed by atoms with Gasteiger partial charge in [-0.15, -0.1) is 11.3 Å². The van der Waals surface area contributed by atoms with E-state index in [-0.39, 0.29) is 0 Å². The lowest BCUT2D eigenvalue weighted by atomic mass is 9.99. The molecule has 120 valence electrons. The molecule has 1 unspecified atom stereocenters. The predicted octanol–water partition coefficient (Wildman–Crippen LogP) is 3.83. The van der Waals surface area contributed by atoms with Gasteiger partial charge in [-0.1, -0.05) is 20.8 Å². The van der Waals surface area contributed by atoms with Gasteiger partial charge >= 0.3 is 0 Å². The van der Waals surface area contributed by atoms with Crippen LogP contribution in [0.2, 0.25) is 0 Å². The maximum Gasteiger partial charge on any atom is 0.107 e. The molecule has 2 heterocycles. The van der Waals surface area contributed by atoms with Gasteiger partial charge in [0.05, 0.1) is 12.2 Å². The second-order valence-electron chi connectivity index (χ2n) is 6.48. The summed E-state index contributed by atoms with van der Waals surface area (Å²) in [7, 11) is 0. The van der Waals surface area contributed by atoms with Gasteiger partial charge in [0.25, 0.3) is 0 Å². The number of hydrogen-bond acceptors (Lipinski definition) is 4. The minimum absolute atomic E-state index is 0.587. The summed E-state index contributed by atoms with van der Waals surface area (Å²) in [4.78, 5) is 8.90. The van der Waals surface area contributed by atoms with Crippen molar-refractivity contribution < 1.29 is 0 Å². The molecule has 1 aromatic heterocycles. The van der Waals surface area contributed by atoms with Crippen molar-refractivity contribution in [2.75, 3.05) is 13.1 Å². The molecule has 0 saturated carbocycles. The molecule has 1 saturated heterocycles. The smallest absolute Gasteiger partial charge is 0.107 e. The topological polar surface area (TPSA) is 28.2 Å². The zero-order chi connectivity index (χ0) is 15.2. The largest absolute Gasteiger partial charge is 0.309 e. The van der Waals surface area contributed by atoms with Crippen LogP contribution in [-0.4, -0.2) is 29.0 Å². The standard InChI is InChI=1S/C17H31N3S/c1-5-14(4)18-11-16-15(6-2)19-17(21-16)12-20-9-7-13(3)8-10-20/h13-14,18H,5-12H2,1-4H3. The molecule has 1 N–H and O–H groups in total. The van der Waals surface area contributed by atoms with E-state index in [1.54, 1.807) is 0 Å². The van der Waals surface area contributed by atoms with E-state index in [4.69, 9.17) is 4.98 Å². The molecule has 0 radical (unpaired) electrons. The van der Waals surface area contributed by atoms with Crippen LogP contribution in [0.3, 0.4) is 0 Å². The highest BCUT2D eigenvalue weighted by Crippen LogP contribution is 2.23. The summed E-state index contributed by atoms with van der Waals surface area (Å²) in [6.07, 6.45) is 4.91. The van der Waals surface area contributed by atoms with Gasteiger partial charge in [0, 0.05) is 17.5 Å². The Morgan fingerprint density at radius 1 is 1.33 bits per heavy atom. The molecule has 1 atom stereocenters. The SMILES string of the molecule is CCc1nc(CN2CCC(C)CC2)sc1CNC(C)CC. The second kappa shape index (κ2) is 8.25. The molecule has 2 rings (SSSR count). The van der Waals surface area contributed by atoms with E-state index >= 15 is 0 Å². The maximum absolute atomic E-state index is 4.88. The first-order valence-electron chi connectivity index (χ1n) is 8.55. The van der Waals surface area contributed by atoms with Crippen molar-refractivity contribution in [2.45, 2.75) is 72.5 Å². The Balaban J connectivity index is 1.92. The first kappa shape index (κ1) is 16.9. The number of thiazole rings is 1. The summed E-state index contributed by atoms with van der Waals surface area (Å²) in [5.74, 6) is 0.902. The van der Waals surface area contributed by atoms with Crippen molar-refractivity contribution in [1.29, 1.82) is 0 Å². The highest BCUT2D eigenvalue weighted by molar-refractivity contribution is 7.11. The van der Waals surface area contributed by atoms with Crippen molar-refractivity contribution >= 4 is 11.3 Å². The lowest BCUT2D eigenvalue weighted by Crippen LogP contribution is -2.32. The minimum atomic E-state index is 0.587. The zero-order valence-electron chi connectivity index (χ0n) is 14.1. The molecule has 1 aliphatic rings. The molecule has 1 aromatic rings. The van der Waals surface area contributed by atoms with Crippen molar-refractivity contribution in [3.63, 3.8) is 0 Å². The molecule has 0 spiro atoms. The van der Waals surface area contributed by atoms with Gasteiger partial charge in [0.1, 0.15) is 5.01 Å². The van der Waals surface area contributed by atoms with Crippen LogP contribution in [0.5, 0.6) is 0 Å². The highest BCUT2D eigenvalue weighted by atomic mass is 32.1.